The predicted molar refractivity (Wildman–Crippen MR) is 156 cm³/mol. The first-order valence-corrected chi connectivity index (χ1v) is 14.9. The number of nitrogens with zero attached hydrogens (tertiary/aromatic N) is 2. The molecule has 4 heterocycles. The molecule has 232 valence electrons. The minimum atomic E-state index is -0.762. The van der Waals surface area contributed by atoms with Crippen LogP contribution < -0.4 is 16.0 Å². The monoisotopic (exact) mass is 613 g/mol. The minimum absolute atomic E-state index is 0.0644. The molecular weight excluding hydrogens is 582 g/mol. The number of hydrogen-bond donors (Lipinski definition) is 3. The van der Waals surface area contributed by atoms with Gasteiger partial charge in [0.05, 0.1) is 0 Å². The molecule has 13 nitrogen and oxygen atoms in total. The molecule has 0 radical (unpaired) electrons. The highest BCUT2D eigenvalue weighted by Gasteiger charge is 2.41. The Bertz CT molecular complexity index is 1560. The van der Waals surface area contributed by atoms with Crippen LogP contribution >= 0.6 is 0 Å². The van der Waals surface area contributed by atoms with Crippen molar-refractivity contribution in [1.82, 2.24) is 20.4 Å². The molecule has 6 rings (SSSR count). The van der Waals surface area contributed by atoms with Crippen LogP contribution in [0.25, 0.3) is 0 Å². The summed E-state index contributed by atoms with van der Waals surface area (Å²) in [6.45, 7) is 0.303. The van der Waals surface area contributed by atoms with Crippen molar-refractivity contribution in [2.45, 2.75) is 76.5 Å². The van der Waals surface area contributed by atoms with E-state index in [1.165, 1.54) is 9.80 Å². The van der Waals surface area contributed by atoms with Gasteiger partial charge >= 0.3 is 0 Å². The van der Waals surface area contributed by atoms with E-state index in [-0.39, 0.29) is 99.8 Å². The first-order chi connectivity index (χ1) is 21.6. The van der Waals surface area contributed by atoms with Crippen LogP contribution in [-0.4, -0.2) is 69.0 Å². The fourth-order valence-corrected chi connectivity index (χ4v) is 6.48. The van der Waals surface area contributed by atoms with Crippen LogP contribution in [0.1, 0.15) is 82.4 Å². The summed E-state index contributed by atoms with van der Waals surface area (Å²) in [7, 11) is 0. The molecule has 4 aliphatic heterocycles. The highest BCUT2D eigenvalue weighted by Crippen LogP contribution is 2.33. The van der Waals surface area contributed by atoms with Crippen LogP contribution in [0.3, 0.4) is 0 Å². The van der Waals surface area contributed by atoms with E-state index in [0.717, 1.165) is 0 Å². The predicted octanol–water partition coefficient (Wildman–Crippen LogP) is 1.13. The number of ketones is 1. The number of piperidine rings is 2. The number of carbonyl (C=O) groups excluding carboxylic acids is 8. The molecular formula is C32H31N5O8. The summed E-state index contributed by atoms with van der Waals surface area (Å²) in [5.41, 5.74) is 3.26. The molecule has 2 aromatic carbocycles. The van der Waals surface area contributed by atoms with Crippen molar-refractivity contribution in [3.8, 4) is 0 Å². The van der Waals surface area contributed by atoms with Gasteiger partial charge < -0.3 is 15.1 Å². The van der Waals surface area contributed by atoms with Gasteiger partial charge in [0.25, 0.3) is 11.8 Å². The standard InChI is InChI=1S/C32H31N5O8/c38-18(14-17-4-1-6-19-21(17)15-36(31(19)44)24-10-12-27(40)34-29(24)42)5-2-9-26(39)33-23-8-3-7-20-22(23)16-37(32(20)45)25-11-13-28(41)35-30(25)43/h1,3-4,6-8,24-25H,2,5,9-16H2,(H,33,39)(H,34,40,42)(H,35,41,43). The number of amides is 7. The number of Topliss-reactive ketones (excluding diaryl/α,β-unsaturated/α-hetero) is 1. The van der Waals surface area contributed by atoms with E-state index in [0.29, 0.717) is 33.5 Å². The van der Waals surface area contributed by atoms with Crippen molar-refractivity contribution in [2.75, 3.05) is 5.32 Å². The Morgan fingerprint density at radius 2 is 1.29 bits per heavy atom. The van der Waals surface area contributed by atoms with Crippen molar-refractivity contribution in [2.24, 2.45) is 0 Å². The van der Waals surface area contributed by atoms with Gasteiger partial charge in [-0.05, 0) is 48.6 Å². The molecule has 0 saturated carbocycles. The number of hydrogen-bond acceptors (Lipinski definition) is 8. The molecule has 2 unspecified atom stereocenters. The van der Waals surface area contributed by atoms with Crippen LogP contribution in [0.15, 0.2) is 36.4 Å². The maximum atomic E-state index is 13.1. The smallest absolute Gasteiger partial charge is 0.255 e. The number of imide groups is 2. The van der Waals surface area contributed by atoms with Gasteiger partial charge in [-0.25, -0.2) is 0 Å². The third-order valence-corrected chi connectivity index (χ3v) is 8.78. The Balaban J connectivity index is 1.02. The summed E-state index contributed by atoms with van der Waals surface area (Å²) in [5, 5.41) is 7.38. The molecule has 2 aromatic rings. The number of anilines is 1. The molecule has 7 amide bonds. The van der Waals surface area contributed by atoms with E-state index in [1.54, 1.807) is 36.4 Å². The largest absolute Gasteiger partial charge is 0.326 e. The molecule has 0 aromatic heterocycles. The summed E-state index contributed by atoms with van der Waals surface area (Å²) in [4.78, 5) is 102. The zero-order valence-electron chi connectivity index (χ0n) is 24.4. The maximum absolute atomic E-state index is 13.1. The highest BCUT2D eigenvalue weighted by atomic mass is 16.2. The molecule has 3 N–H and O–H groups in total. The highest BCUT2D eigenvalue weighted by molar-refractivity contribution is 6.07. The third-order valence-electron chi connectivity index (χ3n) is 8.78. The summed E-state index contributed by atoms with van der Waals surface area (Å²) < 4.78 is 0. The van der Waals surface area contributed by atoms with E-state index < -0.39 is 23.9 Å². The van der Waals surface area contributed by atoms with E-state index in [1.807, 2.05) is 0 Å². The van der Waals surface area contributed by atoms with Gasteiger partial charge in [0.2, 0.25) is 29.5 Å². The van der Waals surface area contributed by atoms with Crippen molar-refractivity contribution in [3.05, 3.63) is 64.2 Å². The van der Waals surface area contributed by atoms with Crippen molar-refractivity contribution in [3.63, 3.8) is 0 Å². The summed E-state index contributed by atoms with van der Waals surface area (Å²) in [6.07, 6.45) is 1.35. The molecule has 2 atom stereocenters. The van der Waals surface area contributed by atoms with Gasteiger partial charge in [-0.15, -0.1) is 0 Å². The van der Waals surface area contributed by atoms with Crippen LogP contribution in [-0.2, 0) is 48.3 Å². The zero-order valence-corrected chi connectivity index (χ0v) is 24.4. The summed E-state index contributed by atoms with van der Waals surface area (Å²) in [5.74, 6) is -2.81. The van der Waals surface area contributed by atoms with Gasteiger partial charge in [-0.2, -0.15) is 0 Å². The Morgan fingerprint density at radius 1 is 0.733 bits per heavy atom. The lowest BCUT2D eigenvalue weighted by atomic mass is 9.97. The van der Waals surface area contributed by atoms with Crippen LogP contribution in [0, 0.1) is 0 Å². The van der Waals surface area contributed by atoms with Gasteiger partial charge in [-0.3, -0.25) is 49.0 Å². The first-order valence-electron chi connectivity index (χ1n) is 14.9. The average Bonchev–Trinajstić information content (AvgIpc) is 3.51. The first kappa shape index (κ1) is 29.9. The molecule has 13 heteroatoms. The zero-order chi connectivity index (χ0) is 31.8. The fourth-order valence-electron chi connectivity index (χ4n) is 6.48. The lowest BCUT2D eigenvalue weighted by molar-refractivity contribution is -0.138. The molecule has 0 spiro atoms. The molecule has 2 fully saturated rings. The van der Waals surface area contributed by atoms with Crippen LogP contribution in [0.5, 0.6) is 0 Å². The van der Waals surface area contributed by atoms with E-state index in [9.17, 15) is 38.4 Å². The van der Waals surface area contributed by atoms with E-state index in [4.69, 9.17) is 0 Å². The lowest BCUT2D eigenvalue weighted by Crippen LogP contribution is -2.52. The van der Waals surface area contributed by atoms with Gasteiger partial charge in [-0.1, -0.05) is 18.2 Å². The van der Waals surface area contributed by atoms with Gasteiger partial charge in [0.1, 0.15) is 17.9 Å². The lowest BCUT2D eigenvalue weighted by Gasteiger charge is -2.29. The molecule has 0 bridgehead atoms. The van der Waals surface area contributed by atoms with Crippen molar-refractivity contribution in [1.29, 1.82) is 0 Å². The van der Waals surface area contributed by atoms with Gasteiger partial charge in [0, 0.05) is 67.6 Å². The topological polar surface area (TPSA) is 179 Å². The number of nitrogens with one attached hydrogen (secondary N) is 3. The fraction of sp³-hybridized carbons (Fsp3) is 0.375. The second-order valence-electron chi connectivity index (χ2n) is 11.7. The minimum Gasteiger partial charge on any atom is -0.326 e. The number of fused-ring (bicyclic) bond motifs is 2. The number of benzene rings is 2. The van der Waals surface area contributed by atoms with Crippen molar-refractivity contribution >= 4 is 52.8 Å². The van der Waals surface area contributed by atoms with E-state index >= 15 is 0 Å². The van der Waals surface area contributed by atoms with Crippen LogP contribution in [0.2, 0.25) is 0 Å². The van der Waals surface area contributed by atoms with E-state index in [2.05, 4.69) is 16.0 Å². The molecule has 0 aliphatic carbocycles. The quantitative estimate of drug-likeness (QED) is 0.352. The van der Waals surface area contributed by atoms with Crippen LogP contribution in [0.4, 0.5) is 5.69 Å². The second kappa shape index (κ2) is 12.1. The number of carbonyl (C=O) groups is 8. The van der Waals surface area contributed by atoms with Crippen molar-refractivity contribution < 1.29 is 38.4 Å². The SMILES string of the molecule is O=C(CCCC(=O)Nc1cccc2c1CN(C1CCC(=O)NC1=O)C2=O)Cc1cccc2c1CN(C1CCC(=O)NC1=O)C2=O. The molecule has 2 saturated heterocycles. The summed E-state index contributed by atoms with van der Waals surface area (Å²) in [6, 6.07) is 8.60. The molecule has 45 heavy (non-hydrogen) atoms. The third kappa shape index (κ3) is 5.85. The Morgan fingerprint density at radius 3 is 1.89 bits per heavy atom. The Hall–Kier alpha value is -5.20. The summed E-state index contributed by atoms with van der Waals surface area (Å²) >= 11 is 0. The second-order valence-corrected chi connectivity index (χ2v) is 11.7. The normalized spacial score (nSPS) is 21.0. The number of rotatable bonds is 9. The Kier molecular flexibility index (Phi) is 8.00. The Labute approximate surface area is 257 Å². The average molecular weight is 614 g/mol. The molecule has 4 aliphatic rings. The maximum Gasteiger partial charge on any atom is 0.255 e. The van der Waals surface area contributed by atoms with Gasteiger partial charge in [0.15, 0.2) is 0 Å².